The standard InChI is InChI=1S/C12H24N2O4/c1-4-5-10(6-11(15)16)14-12(17)13-7-9(2)8-18-3/h9-10H,4-8H2,1-3H3,(H,15,16)(H2,13,14,17). The molecule has 18 heavy (non-hydrogen) atoms. The molecule has 3 N–H and O–H groups in total. The van der Waals surface area contributed by atoms with E-state index in [2.05, 4.69) is 10.6 Å². The number of nitrogens with one attached hydrogen (secondary N) is 2. The third kappa shape index (κ3) is 8.81. The highest BCUT2D eigenvalue weighted by molar-refractivity contribution is 5.75. The quantitative estimate of drug-likeness (QED) is 0.581. The number of hydrogen-bond donors (Lipinski definition) is 3. The Bertz CT molecular complexity index is 258. The van der Waals surface area contributed by atoms with Crippen molar-refractivity contribution in [2.45, 2.75) is 39.2 Å². The minimum absolute atomic E-state index is 0.0467. The Kier molecular flexibility index (Phi) is 9.00. The van der Waals surface area contributed by atoms with Crippen LogP contribution < -0.4 is 10.6 Å². The van der Waals surface area contributed by atoms with Crippen LogP contribution in [0.5, 0.6) is 0 Å². The molecule has 106 valence electrons. The zero-order chi connectivity index (χ0) is 14.0. The highest BCUT2D eigenvalue weighted by atomic mass is 16.5. The van der Waals surface area contributed by atoms with E-state index in [-0.39, 0.29) is 24.4 Å². The zero-order valence-corrected chi connectivity index (χ0v) is 11.4. The summed E-state index contributed by atoms with van der Waals surface area (Å²) in [5.41, 5.74) is 0. The molecule has 0 radical (unpaired) electrons. The second-order valence-corrected chi connectivity index (χ2v) is 4.50. The molecule has 6 nitrogen and oxygen atoms in total. The molecule has 0 spiro atoms. The lowest BCUT2D eigenvalue weighted by Gasteiger charge is -2.18. The minimum atomic E-state index is -0.901. The van der Waals surface area contributed by atoms with Gasteiger partial charge in [-0.15, -0.1) is 0 Å². The van der Waals surface area contributed by atoms with Gasteiger partial charge in [0.15, 0.2) is 0 Å². The molecule has 0 aliphatic heterocycles. The van der Waals surface area contributed by atoms with Gasteiger partial charge in [-0.05, 0) is 12.3 Å². The van der Waals surface area contributed by atoms with Gasteiger partial charge in [-0.1, -0.05) is 20.3 Å². The molecule has 2 amide bonds. The fourth-order valence-corrected chi connectivity index (χ4v) is 1.63. The lowest BCUT2D eigenvalue weighted by atomic mass is 10.1. The van der Waals surface area contributed by atoms with Crippen molar-refractivity contribution in [2.24, 2.45) is 5.92 Å². The molecule has 0 aliphatic carbocycles. The Morgan fingerprint density at radius 3 is 2.56 bits per heavy atom. The molecule has 0 rings (SSSR count). The van der Waals surface area contributed by atoms with Crippen molar-refractivity contribution < 1.29 is 19.4 Å². The summed E-state index contributed by atoms with van der Waals surface area (Å²) in [6.45, 7) is 5.00. The van der Waals surface area contributed by atoms with Crippen molar-refractivity contribution in [1.82, 2.24) is 10.6 Å². The van der Waals surface area contributed by atoms with Gasteiger partial charge in [0.1, 0.15) is 0 Å². The van der Waals surface area contributed by atoms with E-state index in [1.165, 1.54) is 0 Å². The Morgan fingerprint density at radius 2 is 2.06 bits per heavy atom. The number of methoxy groups -OCH3 is 1. The van der Waals surface area contributed by atoms with Crippen molar-refractivity contribution in [3.63, 3.8) is 0 Å². The van der Waals surface area contributed by atoms with Crippen molar-refractivity contribution >= 4 is 12.0 Å². The number of carbonyl (C=O) groups excluding carboxylic acids is 1. The summed E-state index contributed by atoms with van der Waals surface area (Å²) >= 11 is 0. The SMILES string of the molecule is CCCC(CC(=O)O)NC(=O)NCC(C)COC. The monoisotopic (exact) mass is 260 g/mol. The molecule has 0 saturated heterocycles. The third-order valence-electron chi connectivity index (χ3n) is 2.46. The maximum atomic E-state index is 11.6. The van der Waals surface area contributed by atoms with E-state index in [1.807, 2.05) is 13.8 Å². The molecule has 0 aromatic rings. The largest absolute Gasteiger partial charge is 0.481 e. The molecular weight excluding hydrogens is 236 g/mol. The summed E-state index contributed by atoms with van der Waals surface area (Å²) in [5, 5.41) is 14.1. The maximum Gasteiger partial charge on any atom is 0.315 e. The Labute approximate surface area is 108 Å². The number of ether oxygens (including phenoxy) is 1. The molecule has 0 aliphatic rings. The number of aliphatic carboxylic acids is 1. The van der Waals surface area contributed by atoms with Gasteiger partial charge in [-0.2, -0.15) is 0 Å². The molecule has 0 aromatic carbocycles. The van der Waals surface area contributed by atoms with Gasteiger partial charge in [0.05, 0.1) is 13.0 Å². The molecule has 2 unspecified atom stereocenters. The lowest BCUT2D eigenvalue weighted by molar-refractivity contribution is -0.137. The number of carboxylic acids is 1. The number of urea groups is 1. The van der Waals surface area contributed by atoms with E-state index in [4.69, 9.17) is 9.84 Å². The summed E-state index contributed by atoms with van der Waals surface area (Å²) in [5.74, 6) is -0.675. The van der Waals surface area contributed by atoms with E-state index in [1.54, 1.807) is 7.11 Å². The van der Waals surface area contributed by atoms with Crippen molar-refractivity contribution in [3.8, 4) is 0 Å². The number of rotatable bonds is 9. The summed E-state index contributed by atoms with van der Waals surface area (Å²) < 4.78 is 4.96. The number of hydrogen-bond acceptors (Lipinski definition) is 3. The molecule has 6 heteroatoms. The first-order chi connectivity index (χ1) is 8.49. The number of carbonyl (C=O) groups is 2. The van der Waals surface area contributed by atoms with Crippen molar-refractivity contribution in [1.29, 1.82) is 0 Å². The Hall–Kier alpha value is -1.30. The first-order valence-electron chi connectivity index (χ1n) is 6.24. The fourth-order valence-electron chi connectivity index (χ4n) is 1.63. The van der Waals surface area contributed by atoms with E-state index >= 15 is 0 Å². The van der Waals surface area contributed by atoms with Gasteiger partial charge in [0, 0.05) is 19.7 Å². The summed E-state index contributed by atoms with van der Waals surface area (Å²) in [6, 6.07) is -0.636. The van der Waals surface area contributed by atoms with Crippen LogP contribution in [0.15, 0.2) is 0 Å². The summed E-state index contributed by atoms with van der Waals surface area (Å²) in [7, 11) is 1.61. The highest BCUT2D eigenvalue weighted by Gasteiger charge is 2.15. The molecule has 2 atom stereocenters. The van der Waals surface area contributed by atoms with Crippen LogP contribution in [0, 0.1) is 5.92 Å². The van der Waals surface area contributed by atoms with Crippen LogP contribution in [0.2, 0.25) is 0 Å². The predicted octanol–water partition coefficient (Wildman–Crippen LogP) is 1.21. The third-order valence-corrected chi connectivity index (χ3v) is 2.46. The normalized spacial score (nSPS) is 13.7. The average Bonchev–Trinajstić information content (AvgIpc) is 2.26. The second kappa shape index (κ2) is 9.70. The molecule has 0 fully saturated rings. The first kappa shape index (κ1) is 16.7. The fraction of sp³-hybridized carbons (Fsp3) is 0.833. The molecule has 0 saturated carbocycles. The van der Waals surface area contributed by atoms with Gasteiger partial charge in [0.25, 0.3) is 0 Å². The van der Waals surface area contributed by atoms with Gasteiger partial charge >= 0.3 is 12.0 Å². The van der Waals surface area contributed by atoms with Crippen LogP contribution in [0.1, 0.15) is 33.1 Å². The van der Waals surface area contributed by atoms with Crippen LogP contribution in [0.25, 0.3) is 0 Å². The maximum absolute atomic E-state index is 11.6. The van der Waals surface area contributed by atoms with Gasteiger partial charge in [-0.25, -0.2) is 4.79 Å². The second-order valence-electron chi connectivity index (χ2n) is 4.50. The van der Waals surface area contributed by atoms with Crippen LogP contribution in [0.4, 0.5) is 4.79 Å². The Balaban J connectivity index is 3.97. The Morgan fingerprint density at radius 1 is 1.39 bits per heavy atom. The molecule has 0 bridgehead atoms. The summed E-state index contributed by atoms with van der Waals surface area (Å²) in [4.78, 5) is 22.2. The summed E-state index contributed by atoms with van der Waals surface area (Å²) in [6.07, 6.45) is 1.44. The molecular formula is C12H24N2O4. The van der Waals surface area contributed by atoms with E-state index < -0.39 is 5.97 Å². The molecule has 0 aromatic heterocycles. The van der Waals surface area contributed by atoms with E-state index in [0.717, 1.165) is 6.42 Å². The van der Waals surface area contributed by atoms with Gasteiger partial charge in [-0.3, -0.25) is 4.79 Å². The smallest absolute Gasteiger partial charge is 0.315 e. The van der Waals surface area contributed by atoms with Crippen LogP contribution in [-0.4, -0.2) is 43.4 Å². The predicted molar refractivity (Wildman–Crippen MR) is 68.5 cm³/mol. The van der Waals surface area contributed by atoms with Crippen molar-refractivity contribution in [3.05, 3.63) is 0 Å². The lowest BCUT2D eigenvalue weighted by Crippen LogP contribution is -2.44. The first-order valence-corrected chi connectivity index (χ1v) is 6.24. The highest BCUT2D eigenvalue weighted by Crippen LogP contribution is 2.01. The molecule has 0 heterocycles. The van der Waals surface area contributed by atoms with Gasteiger partial charge in [0.2, 0.25) is 0 Å². The van der Waals surface area contributed by atoms with Crippen LogP contribution in [0.3, 0.4) is 0 Å². The minimum Gasteiger partial charge on any atom is -0.481 e. The topological polar surface area (TPSA) is 87.7 Å². The number of amides is 2. The van der Waals surface area contributed by atoms with Crippen LogP contribution in [-0.2, 0) is 9.53 Å². The zero-order valence-electron chi connectivity index (χ0n) is 11.4. The van der Waals surface area contributed by atoms with Gasteiger partial charge < -0.3 is 20.5 Å². The average molecular weight is 260 g/mol. The number of carboxylic acid groups (broad SMARTS) is 1. The van der Waals surface area contributed by atoms with E-state index in [9.17, 15) is 9.59 Å². The van der Waals surface area contributed by atoms with Crippen LogP contribution >= 0.6 is 0 Å². The van der Waals surface area contributed by atoms with E-state index in [0.29, 0.717) is 19.6 Å². The van der Waals surface area contributed by atoms with Crippen molar-refractivity contribution in [2.75, 3.05) is 20.3 Å².